The quantitative estimate of drug-likeness (QED) is 0.755. The number of carbonyl (C=O) groups is 1. The number of carbonyl (C=O) groups excluding carboxylic acids is 1. The number of rotatable bonds is 4. The number of hydrogen-bond acceptors (Lipinski definition) is 2. The van der Waals surface area contributed by atoms with E-state index < -0.39 is 5.67 Å². The first-order chi connectivity index (χ1) is 12.9. The van der Waals surface area contributed by atoms with E-state index >= 15 is 4.39 Å². The molecule has 1 aliphatic carbocycles. The Labute approximate surface area is 161 Å². The topological polar surface area (TPSA) is 20.3 Å². The number of alkyl halides is 1. The van der Waals surface area contributed by atoms with Gasteiger partial charge in [0.05, 0.1) is 0 Å². The molecule has 0 aromatic heterocycles. The molecule has 0 N–H and O–H groups in total. The van der Waals surface area contributed by atoms with Gasteiger partial charge in [0.1, 0.15) is 0 Å². The first-order valence-electron chi connectivity index (χ1n) is 10.0. The van der Waals surface area contributed by atoms with Gasteiger partial charge in [0.15, 0.2) is 5.67 Å². The summed E-state index contributed by atoms with van der Waals surface area (Å²) in [4.78, 5) is 15.2. The van der Waals surface area contributed by atoms with Gasteiger partial charge in [-0.15, -0.1) is 0 Å². The summed E-state index contributed by atoms with van der Waals surface area (Å²) in [5.41, 5.74) is 3.34. The molecule has 2 aromatic carbocycles. The van der Waals surface area contributed by atoms with E-state index in [0.29, 0.717) is 17.9 Å². The molecule has 0 spiro atoms. The van der Waals surface area contributed by atoms with Crippen LogP contribution >= 0.6 is 0 Å². The Bertz CT molecular complexity index is 839. The number of fused-ring (bicyclic) bond motifs is 1. The number of Topliss-reactive ketones (excluding diaryl/α,β-unsaturated/α-hetero) is 1. The van der Waals surface area contributed by atoms with Crippen molar-refractivity contribution >= 4 is 5.78 Å². The first-order valence-corrected chi connectivity index (χ1v) is 10.0. The van der Waals surface area contributed by atoms with Crippen LogP contribution in [0.15, 0.2) is 42.5 Å². The standard InChI is InChI=1S/C24H28FNO/c1-17-12-21-15-24(25,23(27)22(21)13-18(17)2)14-19-8-10-26(11-9-19)16-20-6-4-3-5-7-20/h3-7,12-13,19H,8-11,14-16H2,1-2H3. The summed E-state index contributed by atoms with van der Waals surface area (Å²) in [6.07, 6.45) is 2.57. The van der Waals surface area contributed by atoms with Gasteiger partial charge in [-0.2, -0.15) is 0 Å². The van der Waals surface area contributed by atoms with E-state index in [1.807, 2.05) is 32.0 Å². The maximum atomic E-state index is 15.6. The molecule has 1 heterocycles. The van der Waals surface area contributed by atoms with Gasteiger partial charge >= 0.3 is 0 Å². The molecule has 2 nitrogen and oxygen atoms in total. The predicted octanol–water partition coefficient (Wildman–Crippen LogP) is 5.05. The van der Waals surface area contributed by atoms with Crippen molar-refractivity contribution in [1.29, 1.82) is 0 Å². The van der Waals surface area contributed by atoms with Crippen molar-refractivity contribution in [2.45, 2.75) is 51.7 Å². The van der Waals surface area contributed by atoms with E-state index in [4.69, 9.17) is 0 Å². The lowest BCUT2D eigenvalue weighted by Gasteiger charge is -2.34. The van der Waals surface area contributed by atoms with Gasteiger partial charge in [-0.05, 0) is 80.4 Å². The molecule has 27 heavy (non-hydrogen) atoms. The van der Waals surface area contributed by atoms with Crippen LogP contribution in [0.5, 0.6) is 0 Å². The molecule has 0 amide bonds. The summed E-state index contributed by atoms with van der Waals surface area (Å²) in [6.45, 7) is 6.94. The second kappa shape index (κ2) is 7.20. The molecule has 4 rings (SSSR count). The molecule has 3 heteroatoms. The predicted molar refractivity (Wildman–Crippen MR) is 107 cm³/mol. The van der Waals surface area contributed by atoms with E-state index in [1.54, 1.807) is 0 Å². The second-order valence-electron chi connectivity index (χ2n) is 8.47. The highest BCUT2D eigenvalue weighted by Crippen LogP contribution is 2.40. The van der Waals surface area contributed by atoms with Crippen molar-refractivity contribution in [3.8, 4) is 0 Å². The average Bonchev–Trinajstić information content (AvgIpc) is 2.88. The molecule has 1 aliphatic heterocycles. The second-order valence-corrected chi connectivity index (χ2v) is 8.47. The maximum absolute atomic E-state index is 15.6. The average molecular weight is 365 g/mol. The van der Waals surface area contributed by atoms with E-state index in [-0.39, 0.29) is 12.2 Å². The zero-order valence-corrected chi connectivity index (χ0v) is 16.3. The molecular formula is C24H28FNO. The first kappa shape index (κ1) is 18.4. The molecule has 1 saturated heterocycles. The number of aryl methyl sites for hydroxylation is 2. The fourth-order valence-electron chi connectivity index (χ4n) is 4.67. The Balaban J connectivity index is 1.37. The molecule has 1 atom stereocenters. The maximum Gasteiger partial charge on any atom is 0.200 e. The Morgan fingerprint density at radius 3 is 2.44 bits per heavy atom. The molecule has 1 unspecified atom stereocenters. The number of piperidine rings is 1. The van der Waals surface area contributed by atoms with E-state index in [2.05, 4.69) is 29.2 Å². The number of likely N-dealkylation sites (tertiary alicyclic amines) is 1. The van der Waals surface area contributed by atoms with Crippen LogP contribution in [0.4, 0.5) is 4.39 Å². The van der Waals surface area contributed by atoms with Gasteiger partial charge in [0, 0.05) is 18.5 Å². The van der Waals surface area contributed by atoms with Crippen LogP contribution < -0.4 is 0 Å². The lowest BCUT2D eigenvalue weighted by Crippen LogP contribution is -2.38. The van der Waals surface area contributed by atoms with Gasteiger partial charge in [-0.3, -0.25) is 9.69 Å². The Morgan fingerprint density at radius 2 is 1.74 bits per heavy atom. The largest absolute Gasteiger partial charge is 0.299 e. The van der Waals surface area contributed by atoms with Gasteiger partial charge in [-0.25, -0.2) is 4.39 Å². The van der Waals surface area contributed by atoms with Crippen LogP contribution in [0, 0.1) is 19.8 Å². The Kier molecular flexibility index (Phi) is 4.90. The molecule has 142 valence electrons. The minimum absolute atomic E-state index is 0.256. The highest BCUT2D eigenvalue weighted by atomic mass is 19.1. The zero-order valence-electron chi connectivity index (χ0n) is 16.3. The summed E-state index contributed by atoms with van der Waals surface area (Å²) >= 11 is 0. The van der Waals surface area contributed by atoms with Crippen molar-refractivity contribution in [1.82, 2.24) is 4.90 Å². The number of hydrogen-bond donors (Lipinski definition) is 0. The van der Waals surface area contributed by atoms with Crippen molar-refractivity contribution in [3.63, 3.8) is 0 Å². The van der Waals surface area contributed by atoms with E-state index in [1.165, 1.54) is 5.56 Å². The summed E-state index contributed by atoms with van der Waals surface area (Å²) in [5.74, 6) is 0.00907. The van der Waals surface area contributed by atoms with Crippen LogP contribution in [0.3, 0.4) is 0 Å². The third-order valence-electron chi connectivity index (χ3n) is 6.41. The Hall–Kier alpha value is -2.00. The van der Waals surface area contributed by atoms with Crippen LogP contribution in [0.2, 0.25) is 0 Å². The highest BCUT2D eigenvalue weighted by Gasteiger charge is 2.47. The fourth-order valence-corrected chi connectivity index (χ4v) is 4.67. The summed E-state index contributed by atoms with van der Waals surface area (Å²) in [6, 6.07) is 14.4. The fraction of sp³-hybridized carbons (Fsp3) is 0.458. The molecular weight excluding hydrogens is 337 g/mol. The lowest BCUT2D eigenvalue weighted by molar-refractivity contribution is 0.0587. The normalized spacial score (nSPS) is 23.6. The van der Waals surface area contributed by atoms with Crippen LogP contribution in [-0.4, -0.2) is 29.4 Å². The van der Waals surface area contributed by atoms with Gasteiger partial charge in [0.2, 0.25) is 5.78 Å². The highest BCUT2D eigenvalue weighted by molar-refractivity contribution is 6.07. The smallest absolute Gasteiger partial charge is 0.200 e. The molecule has 2 aromatic rings. The van der Waals surface area contributed by atoms with Gasteiger partial charge in [0.25, 0.3) is 0 Å². The van der Waals surface area contributed by atoms with Crippen molar-refractivity contribution in [2.24, 2.45) is 5.92 Å². The van der Waals surface area contributed by atoms with Gasteiger partial charge < -0.3 is 0 Å². The third kappa shape index (κ3) is 3.70. The molecule has 1 fully saturated rings. The zero-order chi connectivity index (χ0) is 19.0. The number of nitrogens with zero attached hydrogens (tertiary/aromatic N) is 1. The number of ketones is 1. The summed E-state index contributed by atoms with van der Waals surface area (Å²) in [5, 5.41) is 0. The third-order valence-corrected chi connectivity index (χ3v) is 6.41. The van der Waals surface area contributed by atoms with E-state index in [9.17, 15) is 4.79 Å². The van der Waals surface area contributed by atoms with Crippen molar-refractivity contribution < 1.29 is 9.18 Å². The van der Waals surface area contributed by atoms with Crippen molar-refractivity contribution in [2.75, 3.05) is 13.1 Å². The number of halogens is 1. The monoisotopic (exact) mass is 365 g/mol. The van der Waals surface area contributed by atoms with Crippen LogP contribution in [0.25, 0.3) is 0 Å². The van der Waals surface area contributed by atoms with Crippen molar-refractivity contribution in [3.05, 3.63) is 70.3 Å². The minimum atomic E-state index is -1.70. The van der Waals surface area contributed by atoms with E-state index in [0.717, 1.165) is 49.2 Å². The molecule has 0 saturated carbocycles. The summed E-state index contributed by atoms with van der Waals surface area (Å²) < 4.78 is 15.6. The molecule has 2 aliphatic rings. The Morgan fingerprint density at radius 1 is 1.07 bits per heavy atom. The van der Waals surface area contributed by atoms with Crippen LogP contribution in [0.1, 0.15) is 51.9 Å². The van der Waals surface area contributed by atoms with Crippen LogP contribution in [-0.2, 0) is 13.0 Å². The summed E-state index contributed by atoms with van der Waals surface area (Å²) in [7, 11) is 0. The SMILES string of the molecule is Cc1cc2c(cc1C)C(=O)C(F)(CC1CCN(Cc3ccccc3)CC1)C2. The van der Waals surface area contributed by atoms with Gasteiger partial charge in [-0.1, -0.05) is 36.4 Å². The molecule has 0 bridgehead atoms. The number of benzene rings is 2. The lowest BCUT2D eigenvalue weighted by atomic mass is 9.83. The minimum Gasteiger partial charge on any atom is -0.299 e. The molecule has 0 radical (unpaired) electrons.